The Morgan fingerprint density at radius 1 is 1.39 bits per heavy atom. The van der Waals surface area contributed by atoms with Crippen LogP contribution in [0.5, 0.6) is 5.75 Å². The second-order valence-electron chi connectivity index (χ2n) is 4.61. The normalized spacial score (nSPS) is 10.4. The van der Waals surface area contributed by atoms with Gasteiger partial charge in [0.25, 0.3) is 0 Å². The van der Waals surface area contributed by atoms with Gasteiger partial charge in [-0.3, -0.25) is 0 Å². The first-order valence-corrected chi connectivity index (χ1v) is 8.16. The van der Waals surface area contributed by atoms with Crippen LogP contribution in [0, 0.1) is 6.92 Å². The van der Waals surface area contributed by atoms with E-state index in [4.69, 9.17) is 21.1 Å². The molecule has 23 heavy (non-hydrogen) atoms. The fourth-order valence-electron chi connectivity index (χ4n) is 1.80. The van der Waals surface area contributed by atoms with Crippen LogP contribution in [0.1, 0.15) is 9.88 Å². The largest absolute Gasteiger partial charge is 0.487 e. The summed E-state index contributed by atoms with van der Waals surface area (Å²) in [6.45, 7) is 3.11. The van der Waals surface area contributed by atoms with Gasteiger partial charge in [-0.2, -0.15) is 0 Å². The smallest absolute Gasteiger partial charge is 0.319 e. The van der Waals surface area contributed by atoms with Gasteiger partial charge in [0.15, 0.2) is 5.75 Å². The van der Waals surface area contributed by atoms with Crippen LogP contribution in [0.25, 0.3) is 0 Å². The summed E-state index contributed by atoms with van der Waals surface area (Å²) in [6.07, 6.45) is 1.75. The summed E-state index contributed by atoms with van der Waals surface area (Å²) in [6, 6.07) is 4.83. The highest BCUT2D eigenvalue weighted by molar-refractivity contribution is 7.11. The zero-order chi connectivity index (χ0) is 16.7. The Morgan fingerprint density at radius 3 is 2.91 bits per heavy atom. The van der Waals surface area contributed by atoms with Crippen LogP contribution in [-0.2, 0) is 11.3 Å². The van der Waals surface area contributed by atoms with Crippen LogP contribution in [-0.4, -0.2) is 31.3 Å². The summed E-state index contributed by atoms with van der Waals surface area (Å²) in [5.74, 6) is 0.426. The number of hydrogen-bond donors (Lipinski definition) is 2. The number of methoxy groups -OCH3 is 1. The molecule has 2 N–H and O–H groups in total. The molecule has 0 radical (unpaired) electrons. The molecular formula is C15H18ClN3O3S. The molecule has 0 spiro atoms. The first-order valence-electron chi connectivity index (χ1n) is 6.96. The van der Waals surface area contributed by atoms with E-state index in [-0.39, 0.29) is 6.03 Å². The molecule has 0 aliphatic heterocycles. The highest BCUT2D eigenvalue weighted by atomic mass is 35.5. The van der Waals surface area contributed by atoms with Crippen molar-refractivity contribution in [2.75, 3.05) is 25.6 Å². The van der Waals surface area contributed by atoms with E-state index in [1.807, 2.05) is 6.92 Å². The molecule has 0 aliphatic carbocycles. The van der Waals surface area contributed by atoms with Gasteiger partial charge in [0, 0.05) is 18.2 Å². The number of nitrogens with one attached hydrogen (secondary N) is 2. The number of anilines is 1. The van der Waals surface area contributed by atoms with Gasteiger partial charge in [0.05, 0.1) is 28.9 Å². The number of nitrogens with zero attached hydrogens (tertiary/aromatic N) is 1. The summed E-state index contributed by atoms with van der Waals surface area (Å²) in [4.78, 5) is 17.2. The fraction of sp³-hybridized carbons (Fsp3) is 0.333. The Morgan fingerprint density at radius 2 is 2.22 bits per heavy atom. The van der Waals surface area contributed by atoms with Crippen molar-refractivity contribution in [1.82, 2.24) is 10.3 Å². The molecule has 2 rings (SSSR count). The van der Waals surface area contributed by atoms with Gasteiger partial charge >= 0.3 is 6.03 Å². The lowest BCUT2D eigenvalue weighted by Gasteiger charge is -2.14. The van der Waals surface area contributed by atoms with Gasteiger partial charge in [0.1, 0.15) is 6.61 Å². The number of benzene rings is 1. The number of aromatic nitrogens is 1. The number of hydrogen-bond acceptors (Lipinski definition) is 5. The van der Waals surface area contributed by atoms with E-state index in [0.717, 1.165) is 9.88 Å². The molecule has 0 saturated heterocycles. The molecule has 6 nitrogen and oxygen atoms in total. The van der Waals surface area contributed by atoms with Crippen molar-refractivity contribution in [1.29, 1.82) is 0 Å². The van der Waals surface area contributed by atoms with Crippen LogP contribution >= 0.6 is 22.9 Å². The highest BCUT2D eigenvalue weighted by Crippen LogP contribution is 2.32. The molecule has 8 heteroatoms. The maximum absolute atomic E-state index is 12.0. The number of carbonyl (C=O) groups excluding carboxylic acids is 1. The average molecular weight is 356 g/mol. The highest BCUT2D eigenvalue weighted by Gasteiger charge is 2.11. The molecule has 0 aliphatic rings. The molecule has 124 valence electrons. The fourth-order valence-corrected chi connectivity index (χ4v) is 2.77. The second kappa shape index (κ2) is 8.71. The molecule has 2 aromatic rings. The lowest BCUT2D eigenvalue weighted by Crippen LogP contribution is -2.28. The maximum Gasteiger partial charge on any atom is 0.319 e. The lowest BCUT2D eigenvalue weighted by molar-refractivity contribution is 0.146. The average Bonchev–Trinajstić information content (AvgIpc) is 2.94. The van der Waals surface area contributed by atoms with Gasteiger partial charge in [0.2, 0.25) is 0 Å². The Kier molecular flexibility index (Phi) is 6.64. The molecule has 1 aromatic heterocycles. The van der Waals surface area contributed by atoms with Crippen molar-refractivity contribution in [3.05, 3.63) is 39.3 Å². The van der Waals surface area contributed by atoms with Crippen LogP contribution in [0.15, 0.2) is 24.4 Å². The van der Waals surface area contributed by atoms with E-state index in [0.29, 0.717) is 36.2 Å². The van der Waals surface area contributed by atoms with E-state index in [1.165, 1.54) is 0 Å². The number of amides is 2. The molecule has 0 saturated carbocycles. The Bertz CT molecular complexity index is 663. The third-order valence-corrected chi connectivity index (χ3v) is 4.05. The quantitative estimate of drug-likeness (QED) is 0.746. The van der Waals surface area contributed by atoms with Crippen molar-refractivity contribution in [3.8, 4) is 5.75 Å². The molecule has 0 unspecified atom stereocenters. The van der Waals surface area contributed by atoms with Gasteiger partial charge in [-0.05, 0) is 19.1 Å². The van der Waals surface area contributed by atoms with Crippen molar-refractivity contribution in [3.63, 3.8) is 0 Å². The minimum atomic E-state index is -0.338. The summed E-state index contributed by atoms with van der Waals surface area (Å²) in [5, 5.41) is 6.90. The number of rotatable bonds is 7. The first kappa shape index (κ1) is 17.5. The van der Waals surface area contributed by atoms with Gasteiger partial charge < -0.3 is 20.1 Å². The third-order valence-electron chi connectivity index (χ3n) is 2.84. The monoisotopic (exact) mass is 355 g/mol. The molecule has 0 fully saturated rings. The predicted molar refractivity (Wildman–Crippen MR) is 91.5 cm³/mol. The van der Waals surface area contributed by atoms with Crippen LogP contribution in [0.3, 0.4) is 0 Å². The lowest BCUT2D eigenvalue weighted by atomic mass is 10.3. The number of halogens is 1. The van der Waals surface area contributed by atoms with Crippen molar-refractivity contribution >= 4 is 34.7 Å². The zero-order valence-corrected chi connectivity index (χ0v) is 14.5. The number of para-hydroxylation sites is 1. The van der Waals surface area contributed by atoms with E-state index in [2.05, 4.69) is 15.6 Å². The maximum atomic E-state index is 12.0. The van der Waals surface area contributed by atoms with E-state index >= 15 is 0 Å². The SMILES string of the molecule is COCCOc1c(Cl)cccc1NC(=O)NCc1cnc(C)s1. The van der Waals surface area contributed by atoms with Crippen LogP contribution in [0.4, 0.5) is 10.5 Å². The van der Waals surface area contributed by atoms with Gasteiger partial charge in [-0.1, -0.05) is 17.7 Å². The second-order valence-corrected chi connectivity index (χ2v) is 6.34. The van der Waals surface area contributed by atoms with Gasteiger partial charge in [-0.15, -0.1) is 11.3 Å². The number of thiazole rings is 1. The molecule has 1 aromatic carbocycles. The Labute approximate surface area is 143 Å². The van der Waals surface area contributed by atoms with Crippen molar-refractivity contribution in [2.45, 2.75) is 13.5 Å². The Balaban J connectivity index is 1.95. The number of ether oxygens (including phenoxy) is 2. The van der Waals surface area contributed by atoms with Crippen molar-refractivity contribution < 1.29 is 14.3 Å². The molecule has 1 heterocycles. The van der Waals surface area contributed by atoms with Gasteiger partial charge in [-0.25, -0.2) is 9.78 Å². The standard InChI is InChI=1S/C15H18ClN3O3S/c1-10-17-8-11(23-10)9-18-15(20)19-13-5-3-4-12(16)14(13)22-7-6-21-2/h3-5,8H,6-7,9H2,1-2H3,(H2,18,19,20). The molecule has 0 atom stereocenters. The summed E-state index contributed by atoms with van der Waals surface area (Å²) < 4.78 is 10.5. The summed E-state index contributed by atoms with van der Waals surface area (Å²) >= 11 is 7.67. The van der Waals surface area contributed by atoms with E-state index in [1.54, 1.807) is 42.8 Å². The summed E-state index contributed by atoms with van der Waals surface area (Å²) in [7, 11) is 1.59. The predicted octanol–water partition coefficient (Wildman–Crippen LogP) is 3.45. The Hall–Kier alpha value is -1.83. The third kappa shape index (κ3) is 5.38. The van der Waals surface area contributed by atoms with E-state index in [9.17, 15) is 4.79 Å². The topological polar surface area (TPSA) is 72.5 Å². The van der Waals surface area contributed by atoms with Crippen LogP contribution < -0.4 is 15.4 Å². The minimum absolute atomic E-state index is 0.338. The number of aryl methyl sites for hydroxylation is 1. The molecule has 2 amide bonds. The number of carbonyl (C=O) groups is 1. The minimum Gasteiger partial charge on any atom is -0.487 e. The molecule has 0 bridgehead atoms. The number of urea groups is 1. The summed E-state index contributed by atoms with van der Waals surface area (Å²) in [5.41, 5.74) is 0.506. The van der Waals surface area contributed by atoms with E-state index < -0.39 is 0 Å². The molecular weight excluding hydrogens is 338 g/mol. The zero-order valence-electron chi connectivity index (χ0n) is 12.9. The van der Waals surface area contributed by atoms with Crippen molar-refractivity contribution in [2.24, 2.45) is 0 Å². The van der Waals surface area contributed by atoms with Crippen LogP contribution in [0.2, 0.25) is 5.02 Å². The first-order chi connectivity index (χ1) is 11.1.